The third kappa shape index (κ3) is 4.08. The number of rotatable bonds is 6. The van der Waals surface area contributed by atoms with Crippen LogP contribution in [0.25, 0.3) is 16.3 Å². The summed E-state index contributed by atoms with van der Waals surface area (Å²) in [5.41, 5.74) is 2.32. The Balaban J connectivity index is 1.42. The molecular formula is C22H19FN4O2S. The first kappa shape index (κ1) is 19.8. The van der Waals surface area contributed by atoms with Gasteiger partial charge in [0.15, 0.2) is 0 Å². The summed E-state index contributed by atoms with van der Waals surface area (Å²) in [4.78, 5) is 21.0. The second-order valence-electron chi connectivity index (χ2n) is 6.58. The summed E-state index contributed by atoms with van der Waals surface area (Å²) in [6.07, 6.45) is 3.33. The Bertz CT molecular complexity index is 1180. The molecule has 0 saturated heterocycles. The van der Waals surface area contributed by atoms with Crippen molar-refractivity contribution in [2.45, 2.75) is 13.5 Å². The Hall–Kier alpha value is -3.52. The lowest BCUT2D eigenvalue weighted by Crippen LogP contribution is -2.23. The molecule has 0 unspecified atom stereocenters. The number of benzene rings is 2. The van der Waals surface area contributed by atoms with Gasteiger partial charge in [-0.05, 0) is 48.9 Å². The molecule has 1 N–H and O–H groups in total. The van der Waals surface area contributed by atoms with E-state index >= 15 is 0 Å². The molecule has 0 aliphatic rings. The molecule has 4 aromatic rings. The summed E-state index contributed by atoms with van der Waals surface area (Å²) < 4.78 is 21.3. The highest BCUT2D eigenvalue weighted by Gasteiger charge is 2.13. The van der Waals surface area contributed by atoms with E-state index in [-0.39, 0.29) is 18.3 Å². The SMILES string of the molecule is COc1ccc(-c2nc(C(=O)NCc3ccc(-n4ccnc4C)c(F)c3)cs2)cc1. The van der Waals surface area contributed by atoms with Crippen molar-refractivity contribution < 1.29 is 13.9 Å². The van der Waals surface area contributed by atoms with Crippen molar-refractivity contribution in [1.82, 2.24) is 19.9 Å². The van der Waals surface area contributed by atoms with Crippen LogP contribution in [0.4, 0.5) is 4.39 Å². The molecule has 2 aromatic carbocycles. The molecule has 2 heterocycles. The van der Waals surface area contributed by atoms with Gasteiger partial charge in [-0.3, -0.25) is 4.79 Å². The number of nitrogens with zero attached hydrogens (tertiary/aromatic N) is 3. The molecule has 0 spiro atoms. The van der Waals surface area contributed by atoms with Crippen LogP contribution in [0.1, 0.15) is 21.9 Å². The van der Waals surface area contributed by atoms with E-state index in [9.17, 15) is 9.18 Å². The van der Waals surface area contributed by atoms with Gasteiger partial charge in [0.2, 0.25) is 0 Å². The van der Waals surface area contributed by atoms with Crippen molar-refractivity contribution in [2.75, 3.05) is 7.11 Å². The van der Waals surface area contributed by atoms with E-state index in [1.54, 1.807) is 41.6 Å². The number of ether oxygens (including phenoxy) is 1. The molecule has 0 bridgehead atoms. The number of halogens is 1. The molecule has 2 aromatic heterocycles. The zero-order chi connectivity index (χ0) is 21.1. The number of hydrogen-bond acceptors (Lipinski definition) is 5. The molecular weight excluding hydrogens is 403 g/mol. The molecule has 0 aliphatic heterocycles. The maximum absolute atomic E-state index is 14.5. The van der Waals surface area contributed by atoms with Crippen molar-refractivity contribution in [3.05, 3.63) is 83.1 Å². The predicted octanol–water partition coefficient (Wildman–Crippen LogP) is 4.38. The van der Waals surface area contributed by atoms with Crippen LogP contribution in [0.5, 0.6) is 5.75 Å². The maximum atomic E-state index is 14.5. The van der Waals surface area contributed by atoms with Gasteiger partial charge in [0.1, 0.15) is 28.1 Å². The highest BCUT2D eigenvalue weighted by atomic mass is 32.1. The number of aromatic nitrogens is 3. The second kappa shape index (κ2) is 8.46. The predicted molar refractivity (Wildman–Crippen MR) is 114 cm³/mol. The minimum atomic E-state index is -0.377. The summed E-state index contributed by atoms with van der Waals surface area (Å²) in [5.74, 6) is 0.778. The number of methoxy groups -OCH3 is 1. The molecule has 6 nitrogen and oxygen atoms in total. The molecule has 4 rings (SSSR count). The first-order valence-electron chi connectivity index (χ1n) is 9.22. The van der Waals surface area contributed by atoms with Gasteiger partial charge in [-0.1, -0.05) is 6.07 Å². The topological polar surface area (TPSA) is 69.0 Å². The van der Waals surface area contributed by atoms with Gasteiger partial charge in [0.05, 0.1) is 12.8 Å². The second-order valence-corrected chi connectivity index (χ2v) is 7.44. The van der Waals surface area contributed by atoms with Crippen LogP contribution >= 0.6 is 11.3 Å². The normalized spacial score (nSPS) is 10.8. The molecule has 152 valence electrons. The third-order valence-corrected chi connectivity index (χ3v) is 5.52. The van der Waals surface area contributed by atoms with Crippen molar-refractivity contribution >= 4 is 17.2 Å². The van der Waals surface area contributed by atoms with Gasteiger partial charge in [-0.15, -0.1) is 11.3 Å². The van der Waals surface area contributed by atoms with Crippen LogP contribution in [0.15, 0.2) is 60.2 Å². The van der Waals surface area contributed by atoms with Gasteiger partial charge in [-0.2, -0.15) is 0 Å². The van der Waals surface area contributed by atoms with Gasteiger partial charge in [0, 0.05) is 29.9 Å². The van der Waals surface area contributed by atoms with Crippen LogP contribution in [-0.2, 0) is 6.54 Å². The standard InChI is InChI=1S/C22H19FN4O2S/c1-14-24-9-10-27(14)20-8-3-15(11-18(20)23)12-25-21(28)19-13-30-22(26-19)16-4-6-17(29-2)7-5-16/h3-11,13H,12H2,1-2H3,(H,25,28). The fourth-order valence-electron chi connectivity index (χ4n) is 3.01. The molecule has 1 amide bonds. The van der Waals surface area contributed by atoms with Gasteiger partial charge in [0.25, 0.3) is 5.91 Å². The Morgan fingerprint density at radius 1 is 1.23 bits per heavy atom. The Morgan fingerprint density at radius 3 is 2.70 bits per heavy atom. The van der Waals surface area contributed by atoms with Gasteiger partial charge >= 0.3 is 0 Å². The minimum Gasteiger partial charge on any atom is -0.497 e. The lowest BCUT2D eigenvalue weighted by Gasteiger charge is -2.09. The number of amides is 1. The average molecular weight is 422 g/mol. The zero-order valence-corrected chi connectivity index (χ0v) is 17.2. The fourth-order valence-corrected chi connectivity index (χ4v) is 3.81. The molecule has 0 saturated carbocycles. The number of nitrogens with one attached hydrogen (secondary N) is 1. The van der Waals surface area contributed by atoms with Crippen LogP contribution < -0.4 is 10.1 Å². The number of imidazole rings is 1. The molecule has 30 heavy (non-hydrogen) atoms. The summed E-state index contributed by atoms with van der Waals surface area (Å²) in [5, 5.41) is 5.24. The highest BCUT2D eigenvalue weighted by molar-refractivity contribution is 7.13. The number of hydrogen-bond donors (Lipinski definition) is 1. The summed E-state index contributed by atoms with van der Waals surface area (Å²) in [6, 6.07) is 12.4. The minimum absolute atomic E-state index is 0.203. The van der Waals surface area contributed by atoms with Crippen LogP contribution in [0, 0.1) is 12.7 Å². The van der Waals surface area contributed by atoms with E-state index in [2.05, 4.69) is 15.3 Å². The first-order chi connectivity index (χ1) is 14.5. The van der Waals surface area contributed by atoms with Gasteiger partial charge in [-0.25, -0.2) is 14.4 Å². The van der Waals surface area contributed by atoms with Crippen molar-refractivity contribution in [2.24, 2.45) is 0 Å². The van der Waals surface area contributed by atoms with E-state index in [4.69, 9.17) is 4.74 Å². The maximum Gasteiger partial charge on any atom is 0.271 e. The van der Waals surface area contributed by atoms with E-state index < -0.39 is 0 Å². The monoisotopic (exact) mass is 422 g/mol. The smallest absolute Gasteiger partial charge is 0.271 e. The van der Waals surface area contributed by atoms with Crippen LogP contribution in [-0.4, -0.2) is 27.6 Å². The third-order valence-electron chi connectivity index (χ3n) is 4.62. The van der Waals surface area contributed by atoms with Crippen LogP contribution in [0.2, 0.25) is 0 Å². The molecule has 0 atom stereocenters. The summed E-state index contributed by atoms with van der Waals surface area (Å²) in [7, 11) is 1.61. The molecule has 0 aliphatic carbocycles. The van der Waals surface area contributed by atoms with E-state index in [0.717, 1.165) is 16.3 Å². The van der Waals surface area contributed by atoms with E-state index in [1.165, 1.54) is 17.4 Å². The number of carbonyl (C=O) groups is 1. The lowest BCUT2D eigenvalue weighted by molar-refractivity contribution is 0.0946. The molecule has 0 fully saturated rings. The zero-order valence-electron chi connectivity index (χ0n) is 16.4. The fraction of sp³-hybridized carbons (Fsp3) is 0.136. The van der Waals surface area contributed by atoms with E-state index in [1.807, 2.05) is 31.2 Å². The largest absolute Gasteiger partial charge is 0.497 e. The molecule has 8 heteroatoms. The quantitative estimate of drug-likeness (QED) is 0.501. The summed E-state index contributed by atoms with van der Waals surface area (Å²) in [6.45, 7) is 2.01. The lowest BCUT2D eigenvalue weighted by atomic mass is 10.2. The van der Waals surface area contributed by atoms with E-state index in [0.29, 0.717) is 22.8 Å². The highest BCUT2D eigenvalue weighted by Crippen LogP contribution is 2.25. The number of aryl methyl sites for hydroxylation is 1. The van der Waals surface area contributed by atoms with Crippen molar-refractivity contribution in [3.63, 3.8) is 0 Å². The Morgan fingerprint density at radius 2 is 2.03 bits per heavy atom. The van der Waals surface area contributed by atoms with Crippen molar-refractivity contribution in [1.29, 1.82) is 0 Å². The van der Waals surface area contributed by atoms with Crippen LogP contribution in [0.3, 0.4) is 0 Å². The Labute approximate surface area is 177 Å². The number of thiazole rings is 1. The van der Waals surface area contributed by atoms with Crippen molar-refractivity contribution in [3.8, 4) is 22.0 Å². The van der Waals surface area contributed by atoms with Gasteiger partial charge < -0.3 is 14.6 Å². The number of carbonyl (C=O) groups excluding carboxylic acids is 1. The Kier molecular flexibility index (Phi) is 5.58. The summed E-state index contributed by atoms with van der Waals surface area (Å²) >= 11 is 1.39. The average Bonchev–Trinajstić information content (AvgIpc) is 3.42. The first-order valence-corrected chi connectivity index (χ1v) is 10.1. The molecule has 0 radical (unpaired) electrons.